The third-order valence-electron chi connectivity index (χ3n) is 31.5. The van der Waals surface area contributed by atoms with Crippen LogP contribution in [0.3, 0.4) is 0 Å². The summed E-state index contributed by atoms with van der Waals surface area (Å²) in [4.78, 5) is 0. The molecule has 0 aliphatic heterocycles. The van der Waals surface area contributed by atoms with E-state index < -0.39 is 0 Å². The molecule has 29 aromatic rings. The lowest BCUT2D eigenvalue weighted by Gasteiger charge is -2.16. The standard InChI is InChI=1S/C62H38N2.C42H26.C40H25N/c1-3-16-46(17-4-1)63-58-24-11-9-20-49(58)51-28-26-41(37-60(51)63)43-32-44(42-27-29-52-50-21-10-12-25-59(50)64(61(52)38-42)47-18-5-2-6-19-47)34-45(33-43)48-30-31-55-57-36-40-15-8-7-14-39(40)35-56(57)54-23-13-22-53(48)62(54)55;1-2-9-27(10-3-1)30-19-20-35-31(23-30)15-7-16-34(35)32-13-6-14-33(24-32)36-21-22-39-41-26-29-12-5-4-11-28(29)25-40(41)38-18-8-17-37(36)42(38)39;1-2-11-26(12-3-1)27-23-28(25-29(24-27)41-38-19-8-6-15-33(38)34-16-7-9-20-39(34)41)30-21-22-37-32-14-5-4-13-31(32)36-18-10-17-35(30)40(36)37/h1-38H;1-26H;1-25H. The summed E-state index contributed by atoms with van der Waals surface area (Å²) in [5.74, 6) is 0. The van der Waals surface area contributed by atoms with Crippen molar-refractivity contribution in [2.75, 3.05) is 0 Å². The predicted octanol–water partition coefficient (Wildman–Crippen LogP) is 39.5. The van der Waals surface area contributed by atoms with Crippen LogP contribution in [0, 0.1) is 0 Å². The number of para-hydroxylation sites is 6. The molecule has 32 rings (SSSR count). The number of hydrogen-bond acceptors (Lipinski definition) is 0. The molecule has 680 valence electrons. The molecular weight excluding hydrogens is 1770 g/mol. The van der Waals surface area contributed by atoms with Gasteiger partial charge in [-0.1, -0.05) is 406 Å². The Hall–Kier alpha value is -19.3. The summed E-state index contributed by atoms with van der Waals surface area (Å²) in [7, 11) is 0. The Labute approximate surface area is 850 Å². The van der Waals surface area contributed by atoms with Crippen molar-refractivity contribution >= 4 is 130 Å². The number of benzene rings is 26. The second kappa shape index (κ2) is 33.7. The van der Waals surface area contributed by atoms with Crippen molar-refractivity contribution in [2.45, 2.75) is 0 Å². The Bertz CT molecular complexity index is 10200. The van der Waals surface area contributed by atoms with Gasteiger partial charge in [-0.2, -0.15) is 0 Å². The van der Waals surface area contributed by atoms with Crippen LogP contribution in [-0.4, -0.2) is 13.7 Å². The average Bonchev–Trinajstić information content (AvgIpc) is 1.57. The van der Waals surface area contributed by atoms with Gasteiger partial charge in [-0.3, -0.25) is 0 Å². The van der Waals surface area contributed by atoms with Crippen LogP contribution < -0.4 is 0 Å². The number of rotatable bonds is 11. The zero-order chi connectivity index (χ0) is 96.4. The van der Waals surface area contributed by atoms with Gasteiger partial charge in [-0.05, 0) is 354 Å². The third kappa shape index (κ3) is 13.5. The van der Waals surface area contributed by atoms with Gasteiger partial charge < -0.3 is 13.7 Å². The van der Waals surface area contributed by atoms with Gasteiger partial charge in [0.05, 0.1) is 33.1 Å². The number of nitrogens with zero attached hydrogens (tertiary/aromatic N) is 3. The molecule has 0 amide bonds. The molecule has 3 heterocycles. The van der Waals surface area contributed by atoms with E-state index in [-0.39, 0.29) is 0 Å². The van der Waals surface area contributed by atoms with E-state index in [0.29, 0.717) is 0 Å². The van der Waals surface area contributed by atoms with Crippen molar-refractivity contribution in [3.63, 3.8) is 0 Å². The molecule has 3 nitrogen and oxygen atoms in total. The van der Waals surface area contributed by atoms with Crippen LogP contribution in [0.1, 0.15) is 0 Å². The number of aromatic nitrogens is 3. The second-order valence-electron chi connectivity index (χ2n) is 39.5. The molecule has 0 bridgehead atoms. The van der Waals surface area contributed by atoms with Gasteiger partial charge in [0.2, 0.25) is 0 Å². The highest BCUT2D eigenvalue weighted by Crippen LogP contribution is 2.56. The summed E-state index contributed by atoms with van der Waals surface area (Å²) < 4.78 is 7.26. The zero-order valence-corrected chi connectivity index (χ0v) is 80.2. The van der Waals surface area contributed by atoms with Crippen LogP contribution >= 0.6 is 0 Å². The number of fused-ring (bicyclic) bond motifs is 21. The van der Waals surface area contributed by atoms with Crippen LogP contribution in [0.15, 0.2) is 540 Å². The first-order valence-electron chi connectivity index (χ1n) is 51.0. The Balaban J connectivity index is 0.000000106. The summed E-state index contributed by atoms with van der Waals surface area (Å²) in [6.45, 7) is 0. The number of hydrogen-bond donors (Lipinski definition) is 0. The molecule has 3 heteroatoms. The maximum absolute atomic E-state index is 2.43. The van der Waals surface area contributed by atoms with Crippen LogP contribution in [-0.2, 0) is 0 Å². The quantitative estimate of drug-likeness (QED) is 0.123. The van der Waals surface area contributed by atoms with E-state index in [1.807, 2.05) is 0 Å². The minimum absolute atomic E-state index is 1.16. The van der Waals surface area contributed by atoms with E-state index in [4.69, 9.17) is 0 Å². The summed E-state index contributed by atoms with van der Waals surface area (Å²) in [6, 6.07) is 199. The Morgan fingerprint density at radius 2 is 0.347 bits per heavy atom. The predicted molar refractivity (Wildman–Crippen MR) is 624 cm³/mol. The molecule has 3 aliphatic rings. The Kier molecular flexibility index (Phi) is 19.1. The maximum atomic E-state index is 2.43. The summed E-state index contributed by atoms with van der Waals surface area (Å²) in [5.41, 5.74) is 46.3. The smallest absolute Gasteiger partial charge is 0.0547 e. The van der Waals surface area contributed by atoms with E-state index >= 15 is 0 Å². The molecule has 0 atom stereocenters. The molecule has 0 fully saturated rings. The third-order valence-corrected chi connectivity index (χ3v) is 31.5. The molecule has 147 heavy (non-hydrogen) atoms. The van der Waals surface area contributed by atoms with Gasteiger partial charge in [0.15, 0.2) is 0 Å². The van der Waals surface area contributed by atoms with E-state index in [1.54, 1.807) is 0 Å². The first kappa shape index (κ1) is 83.5. The molecule has 0 N–H and O–H groups in total. The van der Waals surface area contributed by atoms with Crippen LogP contribution in [0.5, 0.6) is 0 Å². The Morgan fingerprint density at radius 1 is 0.0952 bits per heavy atom. The average molecular weight is 1860 g/mol. The van der Waals surface area contributed by atoms with Gasteiger partial charge in [-0.25, -0.2) is 0 Å². The molecular formula is C144H89N3. The SMILES string of the molecule is c1ccc(-c2cc(-c3ccc4c5c(cccc35)-c3ccccc3-4)cc(-n3c4ccccc4c4ccccc43)c2)cc1.c1ccc(-c2ccc3c(-c4cccc(-c5ccc6c7c(cccc57)-c5cc7ccccc7cc5-6)c4)cccc3c2)cc1.c1ccc(-n2c3ccccc3c3ccc(-c4cc(-c5ccc6c7ccccc7n(-c7ccccc7)c6c5)cc(-c5ccc6c7c(cccc57)-c5cc7ccccc7cc5-6)c4)cc32)cc1. The van der Waals surface area contributed by atoms with Crippen LogP contribution in [0.25, 0.3) is 303 Å². The van der Waals surface area contributed by atoms with Crippen molar-refractivity contribution in [3.8, 4) is 173 Å². The minimum atomic E-state index is 1.16. The van der Waals surface area contributed by atoms with Gasteiger partial charge in [0.1, 0.15) is 0 Å². The van der Waals surface area contributed by atoms with E-state index in [9.17, 15) is 0 Å². The van der Waals surface area contributed by atoms with E-state index in [1.165, 1.54) is 292 Å². The molecule has 26 aromatic carbocycles. The zero-order valence-electron chi connectivity index (χ0n) is 80.2. The summed E-state index contributed by atoms with van der Waals surface area (Å²) in [6.07, 6.45) is 0. The topological polar surface area (TPSA) is 14.8 Å². The molecule has 0 unspecified atom stereocenters. The molecule has 3 aromatic heterocycles. The maximum Gasteiger partial charge on any atom is 0.0547 e. The fourth-order valence-corrected chi connectivity index (χ4v) is 24.9. The van der Waals surface area contributed by atoms with E-state index in [2.05, 4.69) is 554 Å². The lowest BCUT2D eigenvalue weighted by atomic mass is 9.89. The fraction of sp³-hybridized carbons (Fsp3) is 0. The highest BCUT2D eigenvalue weighted by molar-refractivity contribution is 6.24. The van der Waals surface area contributed by atoms with Crippen LogP contribution in [0.2, 0.25) is 0 Å². The fourth-order valence-electron chi connectivity index (χ4n) is 24.9. The Morgan fingerprint density at radius 3 is 0.789 bits per heavy atom. The normalized spacial score (nSPS) is 11.9. The molecule has 0 spiro atoms. The van der Waals surface area contributed by atoms with Gasteiger partial charge in [-0.15, -0.1) is 0 Å². The van der Waals surface area contributed by atoms with Gasteiger partial charge in [0, 0.05) is 49.4 Å². The molecule has 0 saturated carbocycles. The first-order chi connectivity index (χ1) is 72.9. The molecule has 3 aliphatic carbocycles. The lowest BCUT2D eigenvalue weighted by molar-refractivity contribution is 1.18. The highest BCUT2D eigenvalue weighted by atomic mass is 15.0. The summed E-state index contributed by atoms with van der Waals surface area (Å²) in [5, 5.41) is 23.2. The van der Waals surface area contributed by atoms with Gasteiger partial charge in [0.25, 0.3) is 0 Å². The van der Waals surface area contributed by atoms with Crippen molar-refractivity contribution in [2.24, 2.45) is 0 Å². The highest BCUT2D eigenvalue weighted by Gasteiger charge is 2.30. The second-order valence-corrected chi connectivity index (χ2v) is 39.5. The van der Waals surface area contributed by atoms with Crippen molar-refractivity contribution in [1.82, 2.24) is 13.7 Å². The van der Waals surface area contributed by atoms with Crippen molar-refractivity contribution < 1.29 is 0 Å². The molecule has 0 saturated heterocycles. The van der Waals surface area contributed by atoms with E-state index in [0.717, 1.165) is 11.4 Å². The van der Waals surface area contributed by atoms with Crippen LogP contribution in [0.4, 0.5) is 0 Å². The lowest BCUT2D eigenvalue weighted by Crippen LogP contribution is -1.96. The molecule has 0 radical (unpaired) electrons. The minimum Gasteiger partial charge on any atom is -0.309 e. The van der Waals surface area contributed by atoms with Crippen molar-refractivity contribution in [1.29, 1.82) is 0 Å². The monoisotopic (exact) mass is 1860 g/mol. The van der Waals surface area contributed by atoms with Crippen molar-refractivity contribution in [3.05, 3.63) is 540 Å². The largest absolute Gasteiger partial charge is 0.309 e. The first-order valence-corrected chi connectivity index (χ1v) is 51.0. The summed E-state index contributed by atoms with van der Waals surface area (Å²) >= 11 is 0. The van der Waals surface area contributed by atoms with Gasteiger partial charge >= 0.3 is 0 Å².